The second-order valence-electron chi connectivity index (χ2n) is 5.74. The topological polar surface area (TPSA) is 9.23 Å². The summed E-state index contributed by atoms with van der Waals surface area (Å²) in [5.41, 5.74) is 2.29. The highest BCUT2D eigenvalue weighted by Crippen LogP contribution is 2.29. The van der Waals surface area contributed by atoms with Crippen LogP contribution >= 0.6 is 0 Å². The van der Waals surface area contributed by atoms with E-state index in [1.54, 1.807) is 0 Å². The van der Waals surface area contributed by atoms with E-state index in [0.717, 1.165) is 29.8 Å². The van der Waals surface area contributed by atoms with E-state index < -0.39 is 0 Å². The van der Waals surface area contributed by atoms with Gasteiger partial charge < -0.3 is 4.74 Å². The summed E-state index contributed by atoms with van der Waals surface area (Å²) in [4.78, 5) is 0. The third-order valence-corrected chi connectivity index (χ3v) is 3.97. The Hall–Kier alpha value is -1.24. The van der Waals surface area contributed by atoms with Crippen molar-refractivity contribution in [2.45, 2.75) is 39.5 Å². The molecule has 1 aromatic carbocycles. The van der Waals surface area contributed by atoms with E-state index in [9.17, 15) is 0 Å². The van der Waals surface area contributed by atoms with Gasteiger partial charge in [0.15, 0.2) is 0 Å². The van der Waals surface area contributed by atoms with Gasteiger partial charge in [-0.25, -0.2) is 0 Å². The molecule has 0 heterocycles. The molecule has 1 aromatic rings. The third-order valence-electron chi connectivity index (χ3n) is 3.97. The molecule has 0 amide bonds. The lowest BCUT2D eigenvalue weighted by Crippen LogP contribution is -2.18. The van der Waals surface area contributed by atoms with Gasteiger partial charge in [-0.05, 0) is 49.3 Å². The van der Waals surface area contributed by atoms with Crippen LogP contribution < -0.4 is 4.74 Å². The second kappa shape index (κ2) is 6.08. The molecule has 0 bridgehead atoms. The van der Waals surface area contributed by atoms with Crippen molar-refractivity contribution in [3.05, 3.63) is 36.4 Å². The highest BCUT2D eigenvalue weighted by atomic mass is 16.5. The summed E-state index contributed by atoms with van der Waals surface area (Å²) in [5.74, 6) is 2.65. The summed E-state index contributed by atoms with van der Waals surface area (Å²) < 4.78 is 5.89. The van der Waals surface area contributed by atoms with Gasteiger partial charge in [0.05, 0.1) is 6.61 Å². The Morgan fingerprint density at radius 3 is 2.33 bits per heavy atom. The van der Waals surface area contributed by atoms with Crippen molar-refractivity contribution >= 4 is 5.57 Å². The zero-order chi connectivity index (χ0) is 13.0. The Labute approximate surface area is 111 Å². The third kappa shape index (κ3) is 3.63. The smallest absolute Gasteiger partial charge is 0.119 e. The van der Waals surface area contributed by atoms with E-state index in [4.69, 9.17) is 4.74 Å². The molecule has 0 N–H and O–H groups in total. The van der Waals surface area contributed by atoms with Gasteiger partial charge >= 0.3 is 0 Å². The zero-order valence-electron chi connectivity index (χ0n) is 11.6. The van der Waals surface area contributed by atoms with Crippen molar-refractivity contribution in [2.24, 2.45) is 11.8 Å². The van der Waals surface area contributed by atoms with Gasteiger partial charge in [0, 0.05) is 0 Å². The van der Waals surface area contributed by atoms with Crippen LogP contribution in [0.3, 0.4) is 0 Å². The van der Waals surface area contributed by atoms with Crippen LogP contribution in [0, 0.1) is 11.8 Å². The van der Waals surface area contributed by atoms with E-state index in [-0.39, 0.29) is 0 Å². The minimum Gasteiger partial charge on any atom is -0.493 e. The summed E-state index contributed by atoms with van der Waals surface area (Å²) in [6, 6.07) is 8.27. The summed E-state index contributed by atoms with van der Waals surface area (Å²) in [6.07, 6.45) is 5.38. The maximum Gasteiger partial charge on any atom is 0.119 e. The first kappa shape index (κ1) is 13.2. The first-order valence-corrected chi connectivity index (χ1v) is 7.04. The lowest BCUT2D eigenvalue weighted by Gasteiger charge is -2.26. The van der Waals surface area contributed by atoms with Crippen LogP contribution in [-0.4, -0.2) is 6.61 Å². The first-order valence-electron chi connectivity index (χ1n) is 7.04. The number of ether oxygens (including phenoxy) is 1. The highest BCUT2D eigenvalue weighted by Gasteiger charge is 2.18. The summed E-state index contributed by atoms with van der Waals surface area (Å²) in [6.45, 7) is 9.20. The maximum atomic E-state index is 5.89. The van der Waals surface area contributed by atoms with E-state index in [2.05, 4.69) is 37.8 Å². The fourth-order valence-electron chi connectivity index (χ4n) is 2.55. The van der Waals surface area contributed by atoms with Crippen LogP contribution in [0.5, 0.6) is 5.75 Å². The van der Waals surface area contributed by atoms with Crippen LogP contribution in [-0.2, 0) is 0 Å². The molecule has 0 unspecified atom stereocenters. The van der Waals surface area contributed by atoms with Crippen LogP contribution in [0.25, 0.3) is 5.57 Å². The summed E-state index contributed by atoms with van der Waals surface area (Å²) >= 11 is 0. The highest BCUT2D eigenvalue weighted by molar-refractivity contribution is 5.61. The van der Waals surface area contributed by atoms with Crippen molar-refractivity contribution in [3.8, 4) is 5.75 Å². The van der Waals surface area contributed by atoms with Crippen molar-refractivity contribution in [1.82, 2.24) is 0 Å². The summed E-state index contributed by atoms with van der Waals surface area (Å²) in [5, 5.41) is 0. The molecule has 1 aliphatic rings. The standard InChI is InChI=1S/C17H24O/c1-13(2)16-8-10-17(11-9-16)18-12-15-6-4-14(3)5-7-15/h8-11,14-15H,1,4-7,12H2,2-3H3. The van der Waals surface area contributed by atoms with Crippen LogP contribution in [0.15, 0.2) is 30.8 Å². The molecule has 0 radical (unpaired) electrons. The molecule has 1 aliphatic carbocycles. The molecule has 0 aromatic heterocycles. The Morgan fingerprint density at radius 1 is 1.17 bits per heavy atom. The molecule has 1 nitrogen and oxygen atoms in total. The minimum absolute atomic E-state index is 0.752. The number of rotatable bonds is 4. The van der Waals surface area contributed by atoms with Gasteiger partial charge in [-0.2, -0.15) is 0 Å². The second-order valence-corrected chi connectivity index (χ2v) is 5.74. The molecule has 0 aliphatic heterocycles. The van der Waals surface area contributed by atoms with Crippen molar-refractivity contribution in [3.63, 3.8) is 0 Å². The summed E-state index contributed by atoms with van der Waals surface area (Å²) in [7, 11) is 0. The quantitative estimate of drug-likeness (QED) is 0.730. The first-order chi connectivity index (χ1) is 8.65. The van der Waals surface area contributed by atoms with Gasteiger partial charge in [0.25, 0.3) is 0 Å². The molecular formula is C17H24O. The average Bonchev–Trinajstić information content (AvgIpc) is 2.38. The largest absolute Gasteiger partial charge is 0.493 e. The van der Waals surface area contributed by atoms with Gasteiger partial charge in [0.2, 0.25) is 0 Å². The monoisotopic (exact) mass is 244 g/mol. The van der Waals surface area contributed by atoms with E-state index in [0.29, 0.717) is 0 Å². The van der Waals surface area contributed by atoms with Gasteiger partial charge in [-0.3, -0.25) is 0 Å². The van der Waals surface area contributed by atoms with E-state index in [1.807, 2.05) is 6.92 Å². The Balaban J connectivity index is 1.81. The molecule has 2 rings (SSSR count). The number of hydrogen-bond acceptors (Lipinski definition) is 1. The maximum absolute atomic E-state index is 5.89. The zero-order valence-corrected chi connectivity index (χ0v) is 11.6. The Kier molecular flexibility index (Phi) is 4.46. The fraction of sp³-hybridized carbons (Fsp3) is 0.529. The molecule has 1 saturated carbocycles. The molecule has 0 saturated heterocycles. The Bertz CT molecular complexity index is 383. The number of hydrogen-bond donors (Lipinski definition) is 0. The van der Waals surface area contributed by atoms with E-state index in [1.165, 1.54) is 31.2 Å². The van der Waals surface area contributed by atoms with Gasteiger partial charge in [-0.1, -0.05) is 44.1 Å². The molecule has 0 spiro atoms. The van der Waals surface area contributed by atoms with Gasteiger partial charge in [-0.15, -0.1) is 0 Å². The fourth-order valence-corrected chi connectivity index (χ4v) is 2.55. The SMILES string of the molecule is C=C(C)c1ccc(OCC2CCC(C)CC2)cc1. The van der Waals surface area contributed by atoms with Gasteiger partial charge in [0.1, 0.15) is 5.75 Å². The number of benzene rings is 1. The molecule has 0 atom stereocenters. The lowest BCUT2D eigenvalue weighted by atomic mass is 9.83. The molecule has 1 fully saturated rings. The normalized spacial score (nSPS) is 23.7. The number of allylic oxidation sites excluding steroid dienone is 1. The molecular weight excluding hydrogens is 220 g/mol. The predicted octanol–water partition coefficient (Wildman–Crippen LogP) is 4.92. The van der Waals surface area contributed by atoms with E-state index >= 15 is 0 Å². The van der Waals surface area contributed by atoms with Crippen LogP contribution in [0.4, 0.5) is 0 Å². The average molecular weight is 244 g/mol. The Morgan fingerprint density at radius 2 is 1.78 bits per heavy atom. The van der Waals surface area contributed by atoms with Crippen molar-refractivity contribution in [2.75, 3.05) is 6.61 Å². The molecule has 18 heavy (non-hydrogen) atoms. The molecule has 1 heteroatoms. The predicted molar refractivity (Wildman–Crippen MR) is 77.8 cm³/mol. The van der Waals surface area contributed by atoms with Crippen LogP contribution in [0.1, 0.15) is 45.1 Å². The molecule has 98 valence electrons. The van der Waals surface area contributed by atoms with Crippen LogP contribution in [0.2, 0.25) is 0 Å². The lowest BCUT2D eigenvalue weighted by molar-refractivity contribution is 0.188. The minimum atomic E-state index is 0.752. The van der Waals surface area contributed by atoms with Crippen molar-refractivity contribution in [1.29, 1.82) is 0 Å². The van der Waals surface area contributed by atoms with Crippen molar-refractivity contribution < 1.29 is 4.74 Å².